The summed E-state index contributed by atoms with van der Waals surface area (Å²) in [6.07, 6.45) is 1.97. The molecule has 0 aliphatic heterocycles. The van der Waals surface area contributed by atoms with Crippen LogP contribution in [0.5, 0.6) is 0 Å². The lowest BCUT2D eigenvalue weighted by Crippen LogP contribution is -2.12. The van der Waals surface area contributed by atoms with Crippen molar-refractivity contribution in [2.24, 2.45) is 0 Å². The maximum atomic E-state index is 3.80. The fraction of sp³-hybridized carbons (Fsp3) is 0.385. The monoisotopic (exact) mass is 221 g/mol. The summed E-state index contributed by atoms with van der Waals surface area (Å²) in [5, 5.41) is 3.71. The molecule has 0 fully saturated rings. The SMILES string of the molecule is C=CC(C)Sc1cccc(C(C)NC)c1. The van der Waals surface area contributed by atoms with Crippen LogP contribution in [0.15, 0.2) is 41.8 Å². The predicted octanol–water partition coefficient (Wildman–Crippen LogP) is 3.63. The van der Waals surface area contributed by atoms with Crippen molar-refractivity contribution in [1.29, 1.82) is 0 Å². The van der Waals surface area contributed by atoms with Crippen molar-refractivity contribution >= 4 is 11.8 Å². The number of nitrogens with one attached hydrogen (secondary N) is 1. The largest absolute Gasteiger partial charge is 0.313 e. The summed E-state index contributed by atoms with van der Waals surface area (Å²) in [4.78, 5) is 1.31. The van der Waals surface area contributed by atoms with E-state index in [2.05, 4.69) is 50.0 Å². The Kier molecular flexibility index (Phi) is 4.92. The maximum Gasteiger partial charge on any atom is 0.0289 e. The number of hydrogen-bond acceptors (Lipinski definition) is 2. The third-order valence-electron chi connectivity index (χ3n) is 2.45. The third kappa shape index (κ3) is 3.73. The Labute approximate surface area is 97.0 Å². The Bertz CT molecular complexity index is 322. The molecule has 2 atom stereocenters. The van der Waals surface area contributed by atoms with Crippen LogP contribution in [-0.4, -0.2) is 12.3 Å². The van der Waals surface area contributed by atoms with Gasteiger partial charge in [-0.25, -0.2) is 0 Å². The molecule has 0 amide bonds. The molecule has 0 aromatic heterocycles. The van der Waals surface area contributed by atoms with Crippen LogP contribution in [0.2, 0.25) is 0 Å². The molecule has 0 radical (unpaired) electrons. The molecule has 1 rings (SSSR count). The number of rotatable bonds is 5. The Hall–Kier alpha value is -0.730. The second-order valence-electron chi connectivity index (χ2n) is 3.64. The van der Waals surface area contributed by atoms with E-state index in [0.29, 0.717) is 11.3 Å². The smallest absolute Gasteiger partial charge is 0.0289 e. The second-order valence-corrected chi connectivity index (χ2v) is 5.09. The van der Waals surface area contributed by atoms with Crippen molar-refractivity contribution < 1.29 is 0 Å². The molecule has 0 aliphatic rings. The van der Waals surface area contributed by atoms with Gasteiger partial charge in [0.1, 0.15) is 0 Å². The van der Waals surface area contributed by atoms with Gasteiger partial charge in [0.15, 0.2) is 0 Å². The van der Waals surface area contributed by atoms with E-state index < -0.39 is 0 Å². The van der Waals surface area contributed by atoms with Gasteiger partial charge in [-0.2, -0.15) is 0 Å². The van der Waals surface area contributed by atoms with Gasteiger partial charge < -0.3 is 5.32 Å². The van der Waals surface area contributed by atoms with Crippen LogP contribution in [-0.2, 0) is 0 Å². The number of benzene rings is 1. The van der Waals surface area contributed by atoms with Crippen molar-refractivity contribution in [3.8, 4) is 0 Å². The molecule has 0 aliphatic carbocycles. The van der Waals surface area contributed by atoms with E-state index in [1.54, 1.807) is 0 Å². The van der Waals surface area contributed by atoms with E-state index in [9.17, 15) is 0 Å². The Morgan fingerprint density at radius 1 is 1.40 bits per heavy atom. The summed E-state index contributed by atoms with van der Waals surface area (Å²) < 4.78 is 0. The lowest BCUT2D eigenvalue weighted by molar-refractivity contribution is 0.651. The fourth-order valence-corrected chi connectivity index (χ4v) is 2.17. The van der Waals surface area contributed by atoms with Crippen molar-refractivity contribution in [3.63, 3.8) is 0 Å². The highest BCUT2D eigenvalue weighted by Gasteiger charge is 2.04. The average molecular weight is 221 g/mol. The van der Waals surface area contributed by atoms with Crippen molar-refractivity contribution in [2.45, 2.75) is 30.0 Å². The fourth-order valence-electron chi connectivity index (χ4n) is 1.29. The molecule has 1 N–H and O–H groups in total. The van der Waals surface area contributed by atoms with Gasteiger partial charge in [0, 0.05) is 16.2 Å². The van der Waals surface area contributed by atoms with E-state index in [0.717, 1.165) is 0 Å². The molecular weight excluding hydrogens is 202 g/mol. The normalized spacial score (nSPS) is 14.6. The molecule has 2 heteroatoms. The molecule has 0 saturated heterocycles. The Morgan fingerprint density at radius 2 is 2.13 bits per heavy atom. The first kappa shape index (κ1) is 12.3. The van der Waals surface area contributed by atoms with Crippen molar-refractivity contribution in [3.05, 3.63) is 42.5 Å². The topological polar surface area (TPSA) is 12.0 Å². The van der Waals surface area contributed by atoms with Crippen LogP contribution in [0, 0.1) is 0 Å². The highest BCUT2D eigenvalue weighted by atomic mass is 32.2. The molecular formula is C13H19NS. The minimum Gasteiger partial charge on any atom is -0.313 e. The average Bonchev–Trinajstić information content (AvgIpc) is 2.28. The van der Waals surface area contributed by atoms with Crippen LogP contribution >= 0.6 is 11.8 Å². The van der Waals surface area contributed by atoms with Gasteiger partial charge in [-0.3, -0.25) is 0 Å². The van der Waals surface area contributed by atoms with Gasteiger partial charge in [0.25, 0.3) is 0 Å². The zero-order valence-corrected chi connectivity index (χ0v) is 10.5. The van der Waals surface area contributed by atoms with Gasteiger partial charge in [-0.05, 0) is 38.6 Å². The molecule has 0 heterocycles. The van der Waals surface area contributed by atoms with E-state index in [4.69, 9.17) is 0 Å². The zero-order chi connectivity index (χ0) is 11.3. The molecule has 1 nitrogen and oxygen atoms in total. The van der Waals surface area contributed by atoms with E-state index >= 15 is 0 Å². The highest BCUT2D eigenvalue weighted by molar-refractivity contribution is 8.00. The summed E-state index contributed by atoms with van der Waals surface area (Å²) in [7, 11) is 1.98. The zero-order valence-electron chi connectivity index (χ0n) is 9.66. The maximum absolute atomic E-state index is 3.80. The minimum absolute atomic E-state index is 0.407. The molecule has 0 bridgehead atoms. The van der Waals surface area contributed by atoms with Gasteiger partial charge in [0.2, 0.25) is 0 Å². The van der Waals surface area contributed by atoms with Gasteiger partial charge >= 0.3 is 0 Å². The lowest BCUT2D eigenvalue weighted by atomic mass is 10.1. The van der Waals surface area contributed by atoms with Crippen molar-refractivity contribution in [2.75, 3.05) is 7.05 Å². The Morgan fingerprint density at radius 3 is 2.73 bits per heavy atom. The first-order valence-electron chi connectivity index (χ1n) is 5.23. The minimum atomic E-state index is 0.407. The second kappa shape index (κ2) is 5.99. The summed E-state index contributed by atoms with van der Waals surface area (Å²) in [6, 6.07) is 9.07. The van der Waals surface area contributed by atoms with Crippen LogP contribution in [0.25, 0.3) is 0 Å². The molecule has 0 saturated carbocycles. The van der Waals surface area contributed by atoms with E-state index in [-0.39, 0.29) is 0 Å². The van der Waals surface area contributed by atoms with Gasteiger partial charge in [-0.15, -0.1) is 18.3 Å². The Balaban J connectivity index is 2.78. The first-order chi connectivity index (χ1) is 7.17. The van der Waals surface area contributed by atoms with Gasteiger partial charge in [0.05, 0.1) is 0 Å². The predicted molar refractivity (Wildman–Crippen MR) is 69.4 cm³/mol. The van der Waals surface area contributed by atoms with Crippen LogP contribution in [0.1, 0.15) is 25.5 Å². The van der Waals surface area contributed by atoms with Gasteiger partial charge in [-0.1, -0.05) is 18.2 Å². The quantitative estimate of drug-likeness (QED) is 0.602. The number of thioether (sulfide) groups is 1. The lowest BCUT2D eigenvalue weighted by Gasteiger charge is -2.12. The van der Waals surface area contributed by atoms with Crippen LogP contribution < -0.4 is 5.32 Å². The summed E-state index contributed by atoms with van der Waals surface area (Å²) in [5.74, 6) is 0. The molecule has 82 valence electrons. The standard InChI is InChI=1S/C13H19NS/c1-5-10(2)15-13-8-6-7-12(9-13)11(3)14-4/h5-11,14H,1H2,2-4H3. The summed E-state index contributed by atoms with van der Waals surface area (Å²) in [6.45, 7) is 8.12. The molecule has 1 aromatic rings. The van der Waals surface area contributed by atoms with Crippen molar-refractivity contribution in [1.82, 2.24) is 5.32 Å². The van der Waals surface area contributed by atoms with Crippen LogP contribution in [0.3, 0.4) is 0 Å². The highest BCUT2D eigenvalue weighted by Crippen LogP contribution is 2.26. The van der Waals surface area contributed by atoms with E-state index in [1.165, 1.54) is 10.5 Å². The van der Waals surface area contributed by atoms with Crippen LogP contribution in [0.4, 0.5) is 0 Å². The van der Waals surface area contributed by atoms with E-state index in [1.807, 2.05) is 24.9 Å². The summed E-state index contributed by atoms with van der Waals surface area (Å²) >= 11 is 1.84. The summed E-state index contributed by atoms with van der Waals surface area (Å²) in [5.41, 5.74) is 1.33. The first-order valence-corrected chi connectivity index (χ1v) is 6.11. The number of hydrogen-bond donors (Lipinski definition) is 1. The molecule has 2 unspecified atom stereocenters. The molecule has 15 heavy (non-hydrogen) atoms. The third-order valence-corrected chi connectivity index (χ3v) is 3.54. The molecule has 0 spiro atoms. The molecule has 1 aromatic carbocycles.